The summed E-state index contributed by atoms with van der Waals surface area (Å²) >= 11 is 3.52. The minimum Gasteiger partial charge on any atom is -0.382 e. The molecule has 1 unspecified atom stereocenters. The first kappa shape index (κ1) is 15.5. The quantitative estimate of drug-likeness (QED) is 0.848. The molecule has 102 valence electrons. The van der Waals surface area contributed by atoms with Gasteiger partial charge in [0.2, 0.25) is 0 Å². The maximum absolute atomic E-state index is 5.96. The second-order valence-electron chi connectivity index (χ2n) is 5.09. The molecular weight excluding hydrogens is 292 g/mol. The molecule has 0 aliphatic heterocycles. The number of hydrogen-bond donors (Lipinski definition) is 2. The predicted octanol–water partition coefficient (Wildman–Crippen LogP) is 3.17. The summed E-state index contributed by atoms with van der Waals surface area (Å²) in [5.41, 5.74) is 8.01. The largest absolute Gasteiger partial charge is 0.382 e. The van der Waals surface area contributed by atoms with Crippen LogP contribution in [0.2, 0.25) is 0 Å². The molecule has 0 aliphatic rings. The molecule has 0 heterocycles. The molecule has 0 saturated heterocycles. The van der Waals surface area contributed by atoms with Crippen LogP contribution in [-0.4, -0.2) is 25.8 Å². The molecule has 0 spiro atoms. The number of nitrogens with one attached hydrogen (secondary N) is 1. The normalized spacial score (nSPS) is 14.6. The van der Waals surface area contributed by atoms with Gasteiger partial charge < -0.3 is 15.8 Å². The molecule has 4 heteroatoms. The lowest BCUT2D eigenvalue weighted by Gasteiger charge is -2.38. The summed E-state index contributed by atoms with van der Waals surface area (Å²) in [6.45, 7) is 7.51. The van der Waals surface area contributed by atoms with Crippen molar-refractivity contribution in [1.29, 1.82) is 0 Å². The van der Waals surface area contributed by atoms with Crippen molar-refractivity contribution in [3.8, 4) is 0 Å². The monoisotopic (exact) mass is 314 g/mol. The fraction of sp³-hybridized carbons (Fsp3) is 0.571. The Morgan fingerprint density at radius 1 is 1.39 bits per heavy atom. The summed E-state index contributed by atoms with van der Waals surface area (Å²) in [6.07, 6.45) is 0. The maximum atomic E-state index is 5.96. The van der Waals surface area contributed by atoms with E-state index < -0.39 is 0 Å². The first-order chi connectivity index (χ1) is 8.43. The smallest absolute Gasteiger partial charge is 0.0751 e. The van der Waals surface area contributed by atoms with Crippen LogP contribution in [0.1, 0.15) is 19.4 Å². The molecule has 3 N–H and O–H groups in total. The first-order valence-corrected chi connectivity index (χ1v) is 6.97. The molecule has 0 bridgehead atoms. The third-order valence-electron chi connectivity index (χ3n) is 3.31. The minimum absolute atomic E-state index is 0.234. The van der Waals surface area contributed by atoms with Gasteiger partial charge in [0.05, 0.1) is 12.1 Å². The van der Waals surface area contributed by atoms with Crippen LogP contribution in [0.5, 0.6) is 0 Å². The van der Waals surface area contributed by atoms with Crippen LogP contribution < -0.4 is 11.1 Å². The van der Waals surface area contributed by atoms with E-state index in [-0.39, 0.29) is 5.54 Å². The van der Waals surface area contributed by atoms with Crippen molar-refractivity contribution >= 4 is 21.6 Å². The van der Waals surface area contributed by atoms with E-state index in [1.54, 1.807) is 7.11 Å². The second kappa shape index (κ2) is 6.55. The number of aryl methyl sites for hydroxylation is 1. The number of methoxy groups -OCH3 is 1. The topological polar surface area (TPSA) is 47.3 Å². The molecule has 0 aliphatic carbocycles. The van der Waals surface area contributed by atoms with E-state index in [0.29, 0.717) is 19.1 Å². The molecule has 0 aromatic heterocycles. The number of nitrogens with two attached hydrogens (primary N) is 1. The highest BCUT2D eigenvalue weighted by Gasteiger charge is 2.32. The van der Waals surface area contributed by atoms with Gasteiger partial charge in [0.1, 0.15) is 0 Å². The van der Waals surface area contributed by atoms with Crippen molar-refractivity contribution in [1.82, 2.24) is 0 Å². The van der Waals surface area contributed by atoms with Crippen LogP contribution >= 0.6 is 15.9 Å². The molecule has 0 amide bonds. The molecule has 0 saturated carbocycles. The molecule has 1 rings (SSSR count). The molecule has 0 radical (unpaired) electrons. The summed E-state index contributed by atoms with van der Waals surface area (Å²) in [5.74, 6) is 0.377. The van der Waals surface area contributed by atoms with E-state index in [1.165, 1.54) is 5.56 Å². The highest BCUT2D eigenvalue weighted by molar-refractivity contribution is 9.10. The van der Waals surface area contributed by atoms with Crippen LogP contribution in [0, 0.1) is 12.8 Å². The number of benzene rings is 1. The lowest BCUT2D eigenvalue weighted by molar-refractivity contribution is 0.121. The fourth-order valence-corrected chi connectivity index (χ4v) is 2.65. The number of anilines is 1. The minimum atomic E-state index is -0.234. The lowest BCUT2D eigenvalue weighted by atomic mass is 9.86. The second-order valence-corrected chi connectivity index (χ2v) is 6.01. The van der Waals surface area contributed by atoms with Crippen LogP contribution in [-0.2, 0) is 4.74 Å². The van der Waals surface area contributed by atoms with Gasteiger partial charge in [-0.05, 0) is 36.6 Å². The lowest BCUT2D eigenvalue weighted by Crippen LogP contribution is -2.53. The van der Waals surface area contributed by atoms with E-state index in [4.69, 9.17) is 10.5 Å². The van der Waals surface area contributed by atoms with Gasteiger partial charge in [-0.1, -0.05) is 29.8 Å². The van der Waals surface area contributed by atoms with Gasteiger partial charge in [0, 0.05) is 23.8 Å². The Kier molecular flexibility index (Phi) is 5.63. The zero-order valence-electron chi connectivity index (χ0n) is 11.6. The third-order valence-corrected chi connectivity index (χ3v) is 3.76. The Morgan fingerprint density at radius 2 is 2.06 bits per heavy atom. The average Bonchev–Trinajstić information content (AvgIpc) is 2.26. The Bertz CT molecular complexity index is 375. The van der Waals surface area contributed by atoms with Crippen LogP contribution in [0.3, 0.4) is 0 Å². The SMILES string of the molecule is COCC(CN)(Nc1cc(C)cc(Br)c1)C(C)C. The van der Waals surface area contributed by atoms with Crippen LogP contribution in [0.25, 0.3) is 0 Å². The fourth-order valence-electron chi connectivity index (χ4n) is 2.05. The molecule has 1 atom stereocenters. The average molecular weight is 315 g/mol. The molecule has 1 aromatic rings. The van der Waals surface area contributed by atoms with Crippen molar-refractivity contribution in [2.45, 2.75) is 26.3 Å². The Labute approximate surface area is 118 Å². The summed E-state index contributed by atoms with van der Waals surface area (Å²) in [6, 6.07) is 6.27. The van der Waals surface area contributed by atoms with Crippen LogP contribution in [0.4, 0.5) is 5.69 Å². The van der Waals surface area contributed by atoms with Crippen molar-refractivity contribution < 1.29 is 4.74 Å². The standard InChI is InChI=1S/C14H23BrN2O/c1-10(2)14(8-16,9-18-4)17-13-6-11(3)5-12(15)7-13/h5-7,10,17H,8-9,16H2,1-4H3. The zero-order valence-corrected chi connectivity index (χ0v) is 13.2. The van der Waals surface area contributed by atoms with E-state index in [0.717, 1.165) is 10.2 Å². The zero-order chi connectivity index (χ0) is 13.8. The number of ether oxygens (including phenoxy) is 1. The van der Waals surface area contributed by atoms with Crippen LogP contribution in [0.15, 0.2) is 22.7 Å². The van der Waals surface area contributed by atoms with Crippen molar-refractivity contribution in [2.24, 2.45) is 11.7 Å². The molecular formula is C14H23BrN2O. The summed E-state index contributed by atoms with van der Waals surface area (Å²) in [7, 11) is 1.71. The first-order valence-electron chi connectivity index (χ1n) is 6.18. The van der Waals surface area contributed by atoms with Gasteiger partial charge >= 0.3 is 0 Å². The highest BCUT2D eigenvalue weighted by Crippen LogP contribution is 2.26. The maximum Gasteiger partial charge on any atom is 0.0751 e. The van der Waals surface area contributed by atoms with E-state index >= 15 is 0 Å². The molecule has 18 heavy (non-hydrogen) atoms. The Balaban J connectivity index is 3.01. The van der Waals surface area contributed by atoms with Gasteiger partial charge in [-0.2, -0.15) is 0 Å². The predicted molar refractivity (Wildman–Crippen MR) is 81.0 cm³/mol. The van der Waals surface area contributed by atoms with E-state index in [9.17, 15) is 0 Å². The Hall–Kier alpha value is -0.580. The number of rotatable bonds is 6. The van der Waals surface area contributed by atoms with Gasteiger partial charge in [0.15, 0.2) is 0 Å². The van der Waals surface area contributed by atoms with Gasteiger partial charge in [0.25, 0.3) is 0 Å². The molecule has 3 nitrogen and oxygen atoms in total. The summed E-state index contributed by atoms with van der Waals surface area (Å²) in [4.78, 5) is 0. The number of hydrogen-bond acceptors (Lipinski definition) is 3. The van der Waals surface area contributed by atoms with E-state index in [1.807, 2.05) is 0 Å². The number of halogens is 1. The molecule has 1 aromatic carbocycles. The van der Waals surface area contributed by atoms with Gasteiger partial charge in [-0.25, -0.2) is 0 Å². The summed E-state index contributed by atoms with van der Waals surface area (Å²) < 4.78 is 6.40. The molecule has 0 fully saturated rings. The van der Waals surface area contributed by atoms with Gasteiger partial charge in [-0.3, -0.25) is 0 Å². The van der Waals surface area contributed by atoms with Crippen molar-refractivity contribution in [3.05, 3.63) is 28.2 Å². The van der Waals surface area contributed by atoms with E-state index in [2.05, 4.69) is 60.2 Å². The van der Waals surface area contributed by atoms with Crippen molar-refractivity contribution in [3.63, 3.8) is 0 Å². The summed E-state index contributed by atoms with van der Waals surface area (Å²) in [5, 5.41) is 3.54. The highest BCUT2D eigenvalue weighted by atomic mass is 79.9. The Morgan fingerprint density at radius 3 is 2.50 bits per heavy atom. The van der Waals surface area contributed by atoms with Crippen molar-refractivity contribution in [2.75, 3.05) is 25.6 Å². The third kappa shape index (κ3) is 3.70. The van der Waals surface area contributed by atoms with Gasteiger partial charge in [-0.15, -0.1) is 0 Å².